The van der Waals surface area contributed by atoms with Gasteiger partial charge < -0.3 is 14.9 Å². The molecule has 0 aliphatic carbocycles. The Morgan fingerprint density at radius 2 is 1.22 bits per heavy atom. The molecule has 4 rings (SSSR count). The molecule has 4 aromatic carbocycles. The minimum atomic E-state index is -1.18. The fourth-order valence-electron chi connectivity index (χ4n) is 3.00. The molecule has 0 unspecified atom stereocenters. The van der Waals surface area contributed by atoms with Crippen molar-refractivity contribution in [1.82, 2.24) is 0 Å². The van der Waals surface area contributed by atoms with Crippen molar-refractivity contribution in [2.45, 2.75) is 21.6 Å². The SMILES string of the molecule is CCOc1ccc([S+](c2ccccc2)c2ccccc2)cc1.O=C(O)c1ccccc1[O-]. The van der Waals surface area contributed by atoms with Gasteiger partial charge in [0.1, 0.15) is 5.75 Å². The van der Waals surface area contributed by atoms with Crippen molar-refractivity contribution in [2.24, 2.45) is 0 Å². The van der Waals surface area contributed by atoms with Crippen molar-refractivity contribution >= 4 is 16.9 Å². The minimum absolute atomic E-state index is 0.0824. The van der Waals surface area contributed by atoms with E-state index in [9.17, 15) is 9.90 Å². The van der Waals surface area contributed by atoms with Crippen molar-refractivity contribution in [3.63, 3.8) is 0 Å². The number of hydrogen-bond donors (Lipinski definition) is 1. The van der Waals surface area contributed by atoms with Crippen LogP contribution < -0.4 is 9.84 Å². The summed E-state index contributed by atoms with van der Waals surface area (Å²) in [5.41, 5.74) is -0.178. The maximum Gasteiger partial charge on any atom is 0.335 e. The van der Waals surface area contributed by atoms with Crippen LogP contribution >= 0.6 is 0 Å². The summed E-state index contributed by atoms with van der Waals surface area (Å²) in [5, 5.41) is 19.0. The molecule has 0 radical (unpaired) electrons. The molecule has 0 saturated heterocycles. The number of hydrogen-bond acceptors (Lipinski definition) is 3. The third kappa shape index (κ3) is 6.15. The lowest BCUT2D eigenvalue weighted by molar-refractivity contribution is -0.268. The Kier molecular flexibility index (Phi) is 8.35. The van der Waals surface area contributed by atoms with E-state index in [0.717, 1.165) is 5.75 Å². The maximum atomic E-state index is 10.7. The highest BCUT2D eigenvalue weighted by Crippen LogP contribution is 2.31. The van der Waals surface area contributed by atoms with E-state index in [1.165, 1.54) is 39.0 Å². The van der Waals surface area contributed by atoms with E-state index in [1.54, 1.807) is 0 Å². The first-order chi connectivity index (χ1) is 15.6. The second-order valence-corrected chi connectivity index (χ2v) is 8.66. The molecule has 1 N–H and O–H groups in total. The molecule has 0 saturated carbocycles. The van der Waals surface area contributed by atoms with Gasteiger partial charge in [-0.05, 0) is 61.5 Å². The summed E-state index contributed by atoms with van der Waals surface area (Å²) < 4.78 is 5.56. The van der Waals surface area contributed by atoms with Gasteiger partial charge in [-0.25, -0.2) is 4.79 Å². The highest BCUT2D eigenvalue weighted by molar-refractivity contribution is 7.97. The number of aromatic carboxylic acids is 1. The van der Waals surface area contributed by atoms with Crippen LogP contribution in [0.1, 0.15) is 17.3 Å². The lowest BCUT2D eigenvalue weighted by Gasteiger charge is -2.08. The third-order valence-corrected chi connectivity index (χ3v) is 6.68. The van der Waals surface area contributed by atoms with E-state index < -0.39 is 11.7 Å². The lowest BCUT2D eigenvalue weighted by Crippen LogP contribution is -2.04. The van der Waals surface area contributed by atoms with Gasteiger partial charge in [0, 0.05) is 0 Å². The fourth-order valence-corrected chi connectivity index (χ4v) is 5.09. The van der Waals surface area contributed by atoms with Gasteiger partial charge in [0.05, 0.1) is 23.1 Å². The van der Waals surface area contributed by atoms with Gasteiger partial charge in [-0.2, -0.15) is 0 Å². The molecule has 0 bridgehead atoms. The predicted molar refractivity (Wildman–Crippen MR) is 126 cm³/mol. The molecule has 0 heterocycles. The maximum absolute atomic E-state index is 10.7. The molecule has 0 aromatic heterocycles. The van der Waals surface area contributed by atoms with Gasteiger partial charge in [-0.15, -0.1) is 0 Å². The molecule has 0 fully saturated rings. The van der Waals surface area contributed by atoms with Crippen LogP contribution in [0.2, 0.25) is 0 Å². The smallest absolute Gasteiger partial charge is 0.335 e. The van der Waals surface area contributed by atoms with Gasteiger partial charge in [-0.1, -0.05) is 60.3 Å². The molecule has 0 aliphatic rings. The third-order valence-electron chi connectivity index (χ3n) is 4.45. The number of carboxylic acid groups (broad SMARTS) is 1. The molecular weight excluding hydrogens is 420 g/mol. The summed E-state index contributed by atoms with van der Waals surface area (Å²) in [6, 6.07) is 35.4. The van der Waals surface area contributed by atoms with Crippen LogP contribution in [0.3, 0.4) is 0 Å². The van der Waals surface area contributed by atoms with Crippen LogP contribution in [-0.4, -0.2) is 17.7 Å². The van der Waals surface area contributed by atoms with Crippen molar-refractivity contribution in [3.05, 3.63) is 115 Å². The van der Waals surface area contributed by atoms with Crippen LogP contribution in [0.25, 0.3) is 0 Å². The Bertz CT molecular complexity index is 1070. The highest BCUT2D eigenvalue weighted by atomic mass is 32.2. The van der Waals surface area contributed by atoms with Gasteiger partial charge in [0.15, 0.2) is 14.7 Å². The molecule has 0 aliphatic heterocycles. The number of carboxylic acids is 1. The molecule has 4 aromatic rings. The number of benzene rings is 4. The molecule has 4 nitrogen and oxygen atoms in total. The lowest BCUT2D eigenvalue weighted by atomic mass is 10.2. The number of rotatable bonds is 6. The minimum Gasteiger partial charge on any atom is -0.872 e. The largest absolute Gasteiger partial charge is 0.872 e. The van der Waals surface area contributed by atoms with Crippen LogP contribution in [0, 0.1) is 0 Å². The van der Waals surface area contributed by atoms with Crippen LogP contribution in [-0.2, 0) is 10.9 Å². The average Bonchev–Trinajstić information content (AvgIpc) is 2.83. The molecule has 32 heavy (non-hydrogen) atoms. The normalized spacial score (nSPS) is 10.2. The zero-order chi connectivity index (χ0) is 22.8. The Hall–Kier alpha value is -3.70. The summed E-state index contributed by atoms with van der Waals surface area (Å²) in [5.74, 6) is -0.698. The monoisotopic (exact) mass is 444 g/mol. The average molecular weight is 445 g/mol. The number of para-hydroxylation sites is 1. The highest BCUT2D eigenvalue weighted by Gasteiger charge is 2.28. The van der Waals surface area contributed by atoms with Gasteiger partial charge in [0.25, 0.3) is 0 Å². The Morgan fingerprint density at radius 1 is 0.750 bits per heavy atom. The zero-order valence-electron chi connectivity index (χ0n) is 17.7. The van der Waals surface area contributed by atoms with E-state index in [0.29, 0.717) is 6.61 Å². The molecule has 162 valence electrons. The first-order valence-corrected chi connectivity index (χ1v) is 11.4. The topological polar surface area (TPSA) is 69.6 Å². The number of ether oxygens (including phenoxy) is 1. The second kappa shape index (κ2) is 11.6. The van der Waals surface area contributed by atoms with E-state index in [1.807, 2.05) is 6.92 Å². The van der Waals surface area contributed by atoms with Crippen LogP contribution in [0.15, 0.2) is 124 Å². The first kappa shape index (κ1) is 23.0. The second-order valence-electron chi connectivity index (χ2n) is 6.64. The van der Waals surface area contributed by atoms with E-state index in [2.05, 4.69) is 84.9 Å². The molecular formula is C27H24O4S. The standard InChI is InChI=1S/C20H19OS.C7H6O3/c1-2-21-17-13-15-20(16-14-17)22(18-9-5-3-6-10-18)19-11-7-4-8-12-19;8-6-4-2-1-3-5(6)7(9)10/h3-16H,2H2,1H3;1-4,8H,(H,9,10)/q+1;/p-1. The summed E-state index contributed by atoms with van der Waals surface area (Å²) in [7, 11) is -0.0824. The Morgan fingerprint density at radius 3 is 1.66 bits per heavy atom. The fraction of sp³-hybridized carbons (Fsp3) is 0.0741. The van der Waals surface area contributed by atoms with Gasteiger partial charge >= 0.3 is 5.97 Å². The van der Waals surface area contributed by atoms with E-state index >= 15 is 0 Å². The summed E-state index contributed by atoms with van der Waals surface area (Å²) >= 11 is 0. The Labute approximate surface area is 191 Å². The molecule has 0 atom stereocenters. The number of carbonyl (C=O) groups is 1. The predicted octanol–water partition coefficient (Wildman–Crippen LogP) is 5.64. The van der Waals surface area contributed by atoms with E-state index in [-0.39, 0.29) is 16.5 Å². The summed E-state index contributed by atoms with van der Waals surface area (Å²) in [6.45, 7) is 2.70. The molecule has 5 heteroatoms. The van der Waals surface area contributed by atoms with Gasteiger partial charge in [0.2, 0.25) is 0 Å². The zero-order valence-corrected chi connectivity index (χ0v) is 18.5. The Balaban J connectivity index is 0.000000243. The quantitative estimate of drug-likeness (QED) is 0.391. The van der Waals surface area contributed by atoms with Gasteiger partial charge in [-0.3, -0.25) is 0 Å². The van der Waals surface area contributed by atoms with E-state index in [4.69, 9.17) is 9.84 Å². The van der Waals surface area contributed by atoms with Crippen molar-refractivity contribution in [2.75, 3.05) is 6.61 Å². The van der Waals surface area contributed by atoms with Crippen LogP contribution in [0.5, 0.6) is 11.5 Å². The van der Waals surface area contributed by atoms with Crippen molar-refractivity contribution < 1.29 is 19.7 Å². The molecule has 0 amide bonds. The summed E-state index contributed by atoms with van der Waals surface area (Å²) in [6.07, 6.45) is 0. The molecule has 0 spiro atoms. The van der Waals surface area contributed by atoms with Crippen molar-refractivity contribution in [3.8, 4) is 11.5 Å². The first-order valence-electron chi connectivity index (χ1n) is 10.2. The van der Waals surface area contributed by atoms with Crippen molar-refractivity contribution in [1.29, 1.82) is 0 Å². The van der Waals surface area contributed by atoms with Crippen LogP contribution in [0.4, 0.5) is 0 Å². The summed E-state index contributed by atoms with van der Waals surface area (Å²) in [4.78, 5) is 14.2.